The van der Waals surface area contributed by atoms with Gasteiger partial charge in [0, 0.05) is 0 Å². The monoisotopic (exact) mass is 220 g/mol. The second-order valence-corrected chi connectivity index (χ2v) is 3.28. The van der Waals surface area contributed by atoms with E-state index in [0.29, 0.717) is 0 Å². The van der Waals surface area contributed by atoms with Crippen molar-refractivity contribution in [2.24, 2.45) is 11.5 Å². The van der Waals surface area contributed by atoms with Crippen LogP contribution in [0.15, 0.2) is 30.3 Å². The molecule has 0 aliphatic heterocycles. The molecule has 0 atom stereocenters. The summed E-state index contributed by atoms with van der Waals surface area (Å²) in [6.45, 7) is 0. The summed E-state index contributed by atoms with van der Waals surface area (Å²) in [5.74, 6) is 0. The Morgan fingerprint density at radius 3 is 1.64 bits per heavy atom. The molecule has 0 amide bonds. The van der Waals surface area contributed by atoms with Gasteiger partial charge in [0.25, 0.3) is 0 Å². The second-order valence-electron chi connectivity index (χ2n) is 2.38. The minimum absolute atomic E-state index is 0.341. The van der Waals surface area contributed by atoms with Crippen LogP contribution in [0.5, 0.6) is 0 Å². The Morgan fingerprint density at radius 1 is 1.07 bits per heavy atom. The van der Waals surface area contributed by atoms with E-state index in [9.17, 15) is 0 Å². The molecule has 14 heavy (non-hydrogen) atoms. The zero-order valence-electron chi connectivity index (χ0n) is 7.24. The van der Waals surface area contributed by atoms with Gasteiger partial charge in [-0.05, 0) is 5.56 Å². The van der Waals surface area contributed by atoms with E-state index in [-0.39, 0.29) is 6.17 Å². The number of benzene rings is 1. The van der Waals surface area contributed by atoms with Crippen molar-refractivity contribution in [2.75, 3.05) is 0 Å². The smallest absolute Gasteiger partial charge is 0.312 e. The van der Waals surface area contributed by atoms with Gasteiger partial charge < -0.3 is 11.5 Å². The molecule has 6 N–H and O–H groups in total. The topological polar surface area (TPSA) is 127 Å². The molecule has 6 nitrogen and oxygen atoms in total. The summed E-state index contributed by atoms with van der Waals surface area (Å²) < 4.78 is 31.6. The Labute approximate surface area is 82.1 Å². The normalized spacial score (nSPS) is 10.6. The highest BCUT2D eigenvalue weighted by Gasteiger charge is 1.93. The van der Waals surface area contributed by atoms with Crippen molar-refractivity contribution in [2.45, 2.75) is 6.17 Å². The van der Waals surface area contributed by atoms with Crippen LogP contribution in [0.1, 0.15) is 11.7 Å². The minimum Gasteiger partial charge on any atom is -0.312 e. The van der Waals surface area contributed by atoms with Crippen LogP contribution in [-0.2, 0) is 10.4 Å². The third kappa shape index (κ3) is 9.10. The first-order valence-electron chi connectivity index (χ1n) is 3.56. The van der Waals surface area contributed by atoms with Crippen molar-refractivity contribution in [3.8, 4) is 0 Å². The molecule has 0 unspecified atom stereocenters. The van der Waals surface area contributed by atoms with Crippen LogP contribution < -0.4 is 11.5 Å². The van der Waals surface area contributed by atoms with Gasteiger partial charge in [-0.15, -0.1) is 0 Å². The molecule has 1 aromatic carbocycles. The van der Waals surface area contributed by atoms with Gasteiger partial charge in [-0.25, -0.2) is 0 Å². The lowest BCUT2D eigenvalue weighted by Gasteiger charge is -2.02. The highest BCUT2D eigenvalue weighted by atomic mass is 32.3. The lowest BCUT2D eigenvalue weighted by Crippen LogP contribution is -2.19. The fraction of sp³-hybridized carbons (Fsp3) is 0.143. The van der Waals surface area contributed by atoms with Crippen LogP contribution in [0.3, 0.4) is 0 Å². The second kappa shape index (κ2) is 5.68. The molecule has 1 rings (SSSR count). The van der Waals surface area contributed by atoms with E-state index in [2.05, 4.69) is 0 Å². The number of nitrogens with two attached hydrogens (primary N) is 2. The van der Waals surface area contributed by atoms with E-state index in [1.54, 1.807) is 0 Å². The van der Waals surface area contributed by atoms with Crippen LogP contribution in [0.2, 0.25) is 0 Å². The third-order valence-electron chi connectivity index (χ3n) is 1.18. The molecular weight excluding hydrogens is 208 g/mol. The fourth-order valence-corrected chi connectivity index (χ4v) is 0.675. The Morgan fingerprint density at radius 2 is 1.43 bits per heavy atom. The number of hydrogen-bond donors (Lipinski definition) is 4. The molecule has 7 heteroatoms. The van der Waals surface area contributed by atoms with Crippen LogP contribution in [0.25, 0.3) is 0 Å². The van der Waals surface area contributed by atoms with Crippen LogP contribution >= 0.6 is 0 Å². The zero-order chi connectivity index (χ0) is 11.2. The number of hydrogen-bond acceptors (Lipinski definition) is 4. The molecule has 0 aromatic heterocycles. The average molecular weight is 220 g/mol. The maximum Gasteiger partial charge on any atom is 0.394 e. The lowest BCUT2D eigenvalue weighted by atomic mass is 10.2. The van der Waals surface area contributed by atoms with Gasteiger partial charge in [-0.2, -0.15) is 8.42 Å². The molecule has 1 aromatic rings. The summed E-state index contributed by atoms with van der Waals surface area (Å²) in [7, 11) is -4.67. The fourth-order valence-electron chi connectivity index (χ4n) is 0.675. The molecule has 0 fully saturated rings. The van der Waals surface area contributed by atoms with E-state index in [0.717, 1.165) is 5.56 Å². The molecule has 0 heterocycles. The van der Waals surface area contributed by atoms with Crippen molar-refractivity contribution in [1.29, 1.82) is 0 Å². The highest BCUT2D eigenvalue weighted by Crippen LogP contribution is 2.01. The Bertz CT molecular complexity index is 341. The van der Waals surface area contributed by atoms with Gasteiger partial charge in [-0.1, -0.05) is 30.3 Å². The molecular formula is C7H12N2O4S. The van der Waals surface area contributed by atoms with Gasteiger partial charge in [0.05, 0.1) is 6.17 Å². The predicted molar refractivity (Wildman–Crippen MR) is 51.7 cm³/mol. The number of rotatable bonds is 1. The summed E-state index contributed by atoms with van der Waals surface area (Å²) in [5, 5.41) is 0. The molecule has 0 saturated carbocycles. The molecule has 0 spiro atoms. The van der Waals surface area contributed by atoms with E-state index < -0.39 is 10.4 Å². The molecule has 0 bridgehead atoms. The largest absolute Gasteiger partial charge is 0.394 e. The molecule has 0 aliphatic rings. The molecule has 0 aliphatic carbocycles. The van der Waals surface area contributed by atoms with E-state index in [1.165, 1.54) is 0 Å². The first-order chi connectivity index (χ1) is 6.30. The SMILES string of the molecule is NC(N)c1ccccc1.O=S(=O)(O)O. The lowest BCUT2D eigenvalue weighted by molar-refractivity contribution is 0.381. The summed E-state index contributed by atoms with van der Waals surface area (Å²) >= 11 is 0. The Kier molecular flexibility index (Phi) is 5.28. The van der Waals surface area contributed by atoms with E-state index >= 15 is 0 Å². The van der Waals surface area contributed by atoms with Crippen molar-refractivity contribution in [3.63, 3.8) is 0 Å². The first kappa shape index (κ1) is 13.0. The van der Waals surface area contributed by atoms with E-state index in [1.807, 2.05) is 30.3 Å². The maximum absolute atomic E-state index is 8.74. The van der Waals surface area contributed by atoms with Crippen molar-refractivity contribution in [3.05, 3.63) is 35.9 Å². The Hall–Kier alpha value is -0.990. The van der Waals surface area contributed by atoms with Crippen LogP contribution in [0.4, 0.5) is 0 Å². The average Bonchev–Trinajstić information content (AvgIpc) is 2.03. The van der Waals surface area contributed by atoms with Gasteiger partial charge in [-0.3, -0.25) is 9.11 Å². The molecule has 0 radical (unpaired) electrons. The quantitative estimate of drug-likeness (QED) is 0.388. The van der Waals surface area contributed by atoms with Crippen LogP contribution in [0, 0.1) is 0 Å². The first-order valence-corrected chi connectivity index (χ1v) is 4.96. The van der Waals surface area contributed by atoms with E-state index in [4.69, 9.17) is 29.0 Å². The van der Waals surface area contributed by atoms with Gasteiger partial charge in [0.2, 0.25) is 0 Å². The van der Waals surface area contributed by atoms with Crippen molar-refractivity contribution >= 4 is 10.4 Å². The van der Waals surface area contributed by atoms with Crippen LogP contribution in [-0.4, -0.2) is 17.5 Å². The third-order valence-corrected chi connectivity index (χ3v) is 1.18. The molecule has 80 valence electrons. The Balaban J connectivity index is 0.000000292. The summed E-state index contributed by atoms with van der Waals surface area (Å²) in [6, 6.07) is 9.59. The summed E-state index contributed by atoms with van der Waals surface area (Å²) in [4.78, 5) is 0. The predicted octanol–water partition coefficient (Wildman–Crippen LogP) is -0.0502. The summed E-state index contributed by atoms with van der Waals surface area (Å²) in [6.07, 6.45) is -0.341. The zero-order valence-corrected chi connectivity index (χ0v) is 8.05. The van der Waals surface area contributed by atoms with Crippen molar-refractivity contribution in [1.82, 2.24) is 0 Å². The summed E-state index contributed by atoms with van der Waals surface area (Å²) in [5.41, 5.74) is 11.8. The van der Waals surface area contributed by atoms with Gasteiger partial charge in [0.1, 0.15) is 0 Å². The van der Waals surface area contributed by atoms with Gasteiger partial charge >= 0.3 is 10.4 Å². The molecule has 0 saturated heterocycles. The highest BCUT2D eigenvalue weighted by molar-refractivity contribution is 7.79. The minimum atomic E-state index is -4.67. The van der Waals surface area contributed by atoms with Crippen molar-refractivity contribution < 1.29 is 17.5 Å². The standard InChI is InChI=1S/C7H10N2.H2O4S/c8-7(9)6-4-2-1-3-5-6;1-5(2,3)4/h1-5,7H,8-9H2;(H2,1,2,3,4). The maximum atomic E-state index is 8.74. The van der Waals surface area contributed by atoms with Gasteiger partial charge in [0.15, 0.2) is 0 Å².